The second-order valence-electron chi connectivity index (χ2n) is 1.22. The average molecular weight is 319 g/mol. The summed E-state index contributed by atoms with van der Waals surface area (Å²) in [6.45, 7) is 1.73. The van der Waals surface area contributed by atoms with Gasteiger partial charge in [0.1, 0.15) is 0 Å². The van der Waals surface area contributed by atoms with Gasteiger partial charge in [-0.2, -0.15) is 0 Å². The van der Waals surface area contributed by atoms with E-state index in [-0.39, 0.29) is 24.8 Å². The molecule has 0 radical (unpaired) electrons. The fourth-order valence-electron chi connectivity index (χ4n) is 0.214. The van der Waals surface area contributed by atoms with Crippen LogP contribution in [-0.2, 0) is 0 Å². The Morgan fingerprint density at radius 2 is 1.10 bits per heavy atom. The number of halogens is 2. The van der Waals surface area contributed by atoms with E-state index in [0.717, 1.165) is 39.4 Å². The molecule has 66 valence electrons. The van der Waals surface area contributed by atoms with Crippen molar-refractivity contribution < 1.29 is 0 Å². The molecule has 0 fully saturated rings. The van der Waals surface area contributed by atoms with Gasteiger partial charge in [0.25, 0.3) is 0 Å². The monoisotopic (exact) mass is 320 g/mol. The van der Waals surface area contributed by atoms with E-state index in [9.17, 15) is 0 Å². The first-order chi connectivity index (χ1) is 3.91. The summed E-state index contributed by atoms with van der Waals surface area (Å²) in [6.07, 6.45) is 0. The van der Waals surface area contributed by atoms with Gasteiger partial charge in [0, 0.05) is 0 Å². The summed E-state index contributed by atoms with van der Waals surface area (Å²) in [5.74, 6) is 0. The van der Waals surface area contributed by atoms with Crippen LogP contribution in [-0.4, -0.2) is 39.4 Å². The molecule has 0 unspecified atom stereocenters. The third kappa shape index (κ3) is 16.3. The molecule has 0 spiro atoms. The fourth-order valence-corrected chi connectivity index (χ4v) is 5.78. The third-order valence-corrected chi connectivity index (χ3v) is 7.97. The molecule has 0 aliphatic carbocycles. The molecule has 0 aromatic carbocycles. The van der Waals surface area contributed by atoms with Gasteiger partial charge in [-0.1, -0.05) is 0 Å². The molecule has 0 aliphatic heterocycles. The summed E-state index contributed by atoms with van der Waals surface area (Å²) in [5.41, 5.74) is 10.6. The normalized spacial score (nSPS) is 7.80. The number of rotatable bonds is 5. The van der Waals surface area contributed by atoms with E-state index >= 15 is 0 Å². The van der Waals surface area contributed by atoms with E-state index in [0.29, 0.717) is 0 Å². The molecular formula is C4H14Cl2N2Se2. The summed E-state index contributed by atoms with van der Waals surface area (Å²) in [7, 11) is 0. The second kappa shape index (κ2) is 16.9. The Hall–Kier alpha value is 1.54. The van der Waals surface area contributed by atoms with Crippen molar-refractivity contribution in [2.24, 2.45) is 11.5 Å². The van der Waals surface area contributed by atoms with E-state index < -0.39 is 0 Å². The molecular weight excluding hydrogens is 305 g/mol. The van der Waals surface area contributed by atoms with Crippen LogP contribution < -0.4 is 11.5 Å². The first kappa shape index (κ1) is 17.6. The van der Waals surface area contributed by atoms with Gasteiger partial charge >= 0.3 is 61.5 Å². The zero-order valence-electron chi connectivity index (χ0n) is 5.62. The van der Waals surface area contributed by atoms with Crippen molar-refractivity contribution in [3.8, 4) is 0 Å². The molecule has 0 rings (SSSR count). The van der Waals surface area contributed by atoms with Gasteiger partial charge in [0.2, 0.25) is 0 Å². The Kier molecular flexibility index (Phi) is 29.7. The van der Waals surface area contributed by atoms with Crippen molar-refractivity contribution >= 4 is 51.1 Å². The fraction of sp³-hybridized carbons (Fsp3) is 1.00. The summed E-state index contributed by atoms with van der Waals surface area (Å²) >= 11 is 1.67. The molecule has 2 nitrogen and oxygen atoms in total. The maximum atomic E-state index is 5.31. The van der Waals surface area contributed by atoms with Gasteiger partial charge in [-0.25, -0.2) is 0 Å². The molecule has 0 saturated carbocycles. The molecule has 0 aliphatic rings. The van der Waals surface area contributed by atoms with Crippen LogP contribution in [0.4, 0.5) is 0 Å². The van der Waals surface area contributed by atoms with Gasteiger partial charge in [-0.05, 0) is 0 Å². The zero-order chi connectivity index (χ0) is 6.24. The Morgan fingerprint density at radius 3 is 1.30 bits per heavy atom. The van der Waals surface area contributed by atoms with Gasteiger partial charge < -0.3 is 0 Å². The Balaban J connectivity index is -0.000000245. The molecule has 10 heavy (non-hydrogen) atoms. The third-order valence-electron chi connectivity index (χ3n) is 0.486. The summed E-state index contributed by atoms with van der Waals surface area (Å²) in [4.78, 5) is 0. The molecule has 0 atom stereocenters. The predicted octanol–water partition coefficient (Wildman–Crippen LogP) is -0.0926. The van der Waals surface area contributed by atoms with E-state index in [1.54, 1.807) is 0 Å². The summed E-state index contributed by atoms with van der Waals surface area (Å²) < 4.78 is 0. The Bertz CT molecular complexity index is 44.2. The summed E-state index contributed by atoms with van der Waals surface area (Å²) in [5, 5.41) is 2.49. The quantitative estimate of drug-likeness (QED) is 0.550. The van der Waals surface area contributed by atoms with Crippen molar-refractivity contribution in [3.63, 3.8) is 0 Å². The standard InChI is InChI=1S/C4H12N2Se2.2ClH/c5-1-3-7-8-4-2-6;;/h1-6H2;2*1H. The minimum absolute atomic E-state index is 0. The minimum atomic E-state index is 0. The van der Waals surface area contributed by atoms with Crippen LogP contribution in [0.3, 0.4) is 0 Å². The zero-order valence-corrected chi connectivity index (χ0v) is 10.7. The molecule has 0 aromatic rings. The predicted molar refractivity (Wildman–Crippen MR) is 53.7 cm³/mol. The van der Waals surface area contributed by atoms with Gasteiger partial charge in [-0.3, -0.25) is 0 Å². The molecule has 0 aromatic heterocycles. The van der Waals surface area contributed by atoms with Crippen molar-refractivity contribution in [1.29, 1.82) is 0 Å². The molecule has 0 bridgehead atoms. The van der Waals surface area contributed by atoms with E-state index in [4.69, 9.17) is 11.5 Å². The Morgan fingerprint density at radius 1 is 0.800 bits per heavy atom. The molecule has 0 heterocycles. The van der Waals surface area contributed by atoms with E-state index in [1.165, 1.54) is 10.6 Å². The van der Waals surface area contributed by atoms with Gasteiger partial charge in [0.15, 0.2) is 0 Å². The molecule has 6 heteroatoms. The van der Waals surface area contributed by atoms with Crippen LogP contribution in [0.2, 0.25) is 10.6 Å². The molecule has 0 saturated heterocycles. The summed E-state index contributed by atoms with van der Waals surface area (Å²) in [6, 6.07) is 0. The van der Waals surface area contributed by atoms with Crippen LogP contribution in [0.15, 0.2) is 0 Å². The number of hydrogen-bond donors (Lipinski definition) is 2. The van der Waals surface area contributed by atoms with Crippen molar-refractivity contribution in [1.82, 2.24) is 0 Å². The first-order valence-corrected chi connectivity index (χ1v) is 9.32. The van der Waals surface area contributed by atoms with Crippen LogP contribution in [0, 0.1) is 0 Å². The SMILES string of the molecule is Cl.Cl.NCC[Se][Se]CCN. The second-order valence-corrected chi connectivity index (χ2v) is 9.06. The topological polar surface area (TPSA) is 52.0 Å². The Labute approximate surface area is 85.9 Å². The first-order valence-electron chi connectivity index (χ1n) is 2.56. The van der Waals surface area contributed by atoms with Crippen LogP contribution in [0.25, 0.3) is 0 Å². The van der Waals surface area contributed by atoms with Crippen molar-refractivity contribution in [2.75, 3.05) is 13.1 Å². The molecule has 0 amide bonds. The number of hydrogen-bond acceptors (Lipinski definition) is 2. The van der Waals surface area contributed by atoms with Crippen LogP contribution in [0.1, 0.15) is 0 Å². The van der Waals surface area contributed by atoms with Crippen LogP contribution in [0.5, 0.6) is 0 Å². The average Bonchev–Trinajstić information content (AvgIpc) is 1.81. The van der Waals surface area contributed by atoms with Gasteiger partial charge in [0.05, 0.1) is 0 Å². The molecule has 4 N–H and O–H groups in total. The maximum absolute atomic E-state index is 5.31. The van der Waals surface area contributed by atoms with E-state index in [2.05, 4.69) is 0 Å². The van der Waals surface area contributed by atoms with Crippen LogP contribution >= 0.6 is 24.8 Å². The van der Waals surface area contributed by atoms with Crippen molar-refractivity contribution in [3.05, 3.63) is 0 Å². The van der Waals surface area contributed by atoms with E-state index in [1.807, 2.05) is 0 Å². The van der Waals surface area contributed by atoms with Crippen molar-refractivity contribution in [2.45, 2.75) is 10.6 Å². The number of nitrogens with two attached hydrogens (primary N) is 2. The van der Waals surface area contributed by atoms with Gasteiger partial charge in [-0.15, -0.1) is 24.8 Å².